The van der Waals surface area contributed by atoms with Crippen LogP contribution in [0.5, 0.6) is 11.5 Å². The SMILES string of the molecule is COc1ccc(C(F)(F)F)c(C2CCC(COc3cccc([C@H](O)CP(C)(=O)O)c3)CC2)c1. The zero-order valence-corrected chi connectivity index (χ0v) is 19.6. The van der Waals surface area contributed by atoms with E-state index >= 15 is 0 Å². The molecule has 1 unspecified atom stereocenters. The maximum atomic E-state index is 13.5. The van der Waals surface area contributed by atoms with Crippen molar-refractivity contribution in [3.8, 4) is 11.5 Å². The molecule has 0 bridgehead atoms. The van der Waals surface area contributed by atoms with Gasteiger partial charge < -0.3 is 19.5 Å². The maximum Gasteiger partial charge on any atom is 0.416 e. The summed E-state index contributed by atoms with van der Waals surface area (Å²) < 4.78 is 63.1. The summed E-state index contributed by atoms with van der Waals surface area (Å²) in [6.45, 7) is 1.62. The van der Waals surface area contributed by atoms with Crippen molar-refractivity contribution in [3.05, 3.63) is 59.2 Å². The number of ether oxygens (including phenoxy) is 2. The monoisotopic (exact) mass is 486 g/mol. The highest BCUT2D eigenvalue weighted by Crippen LogP contribution is 2.43. The molecule has 1 fully saturated rings. The molecule has 2 aromatic rings. The third-order valence-electron chi connectivity index (χ3n) is 6.09. The van der Waals surface area contributed by atoms with Gasteiger partial charge in [-0.1, -0.05) is 12.1 Å². The quantitative estimate of drug-likeness (QED) is 0.448. The standard InChI is InChI=1S/C24H30F3O5P/c1-31-19-10-11-22(24(25,26)27)21(13-19)17-8-6-16(7-9-17)14-32-20-5-3-4-18(12-20)23(28)15-33(2,29)30/h3-5,10-13,16-17,23,28H,6-9,14-15H2,1-2H3,(H,29,30)/t16?,17?,23-/m1/s1. The Hall–Kier alpha value is -2.02. The second kappa shape index (κ2) is 10.5. The fraction of sp³-hybridized carbons (Fsp3) is 0.500. The lowest BCUT2D eigenvalue weighted by Gasteiger charge is -2.30. The van der Waals surface area contributed by atoms with E-state index in [0.29, 0.717) is 42.1 Å². The lowest BCUT2D eigenvalue weighted by Crippen LogP contribution is -2.21. The highest BCUT2D eigenvalue weighted by atomic mass is 31.2. The topological polar surface area (TPSA) is 76.0 Å². The third-order valence-corrected chi connectivity index (χ3v) is 7.11. The van der Waals surface area contributed by atoms with Crippen LogP contribution in [0, 0.1) is 5.92 Å². The lowest BCUT2D eigenvalue weighted by molar-refractivity contribution is -0.138. The van der Waals surface area contributed by atoms with Crippen LogP contribution in [0.15, 0.2) is 42.5 Å². The smallest absolute Gasteiger partial charge is 0.416 e. The Morgan fingerprint density at radius 2 is 1.79 bits per heavy atom. The summed E-state index contributed by atoms with van der Waals surface area (Å²) in [6.07, 6.45) is -2.95. The number of aliphatic hydroxyl groups is 1. The summed E-state index contributed by atoms with van der Waals surface area (Å²) in [5.41, 5.74) is 0.197. The van der Waals surface area contributed by atoms with Crippen LogP contribution >= 0.6 is 7.37 Å². The predicted molar refractivity (Wildman–Crippen MR) is 120 cm³/mol. The van der Waals surface area contributed by atoms with Crippen molar-refractivity contribution in [2.24, 2.45) is 5.92 Å². The average molecular weight is 486 g/mol. The molecule has 0 spiro atoms. The summed E-state index contributed by atoms with van der Waals surface area (Å²) in [6, 6.07) is 10.7. The first-order chi connectivity index (χ1) is 15.5. The minimum atomic E-state index is -4.40. The molecular formula is C24H30F3O5P. The van der Waals surface area contributed by atoms with Crippen molar-refractivity contribution < 1.29 is 37.2 Å². The molecular weight excluding hydrogens is 456 g/mol. The number of alkyl halides is 3. The van der Waals surface area contributed by atoms with E-state index in [9.17, 15) is 27.7 Å². The van der Waals surface area contributed by atoms with Crippen molar-refractivity contribution in [1.29, 1.82) is 0 Å². The first-order valence-corrected chi connectivity index (χ1v) is 13.2. The number of hydrogen-bond acceptors (Lipinski definition) is 4. The van der Waals surface area contributed by atoms with Gasteiger partial charge in [0.05, 0.1) is 31.5 Å². The predicted octanol–water partition coefficient (Wildman–Crippen LogP) is 6.00. The molecule has 0 amide bonds. The molecule has 1 aliphatic rings. The van der Waals surface area contributed by atoms with Crippen molar-refractivity contribution in [2.75, 3.05) is 26.5 Å². The van der Waals surface area contributed by atoms with Crippen molar-refractivity contribution in [3.63, 3.8) is 0 Å². The van der Waals surface area contributed by atoms with Gasteiger partial charge >= 0.3 is 6.18 Å². The van der Waals surface area contributed by atoms with Crippen LogP contribution in [0.3, 0.4) is 0 Å². The number of benzene rings is 2. The van der Waals surface area contributed by atoms with Gasteiger partial charge in [-0.3, -0.25) is 4.57 Å². The minimum Gasteiger partial charge on any atom is -0.497 e. The Morgan fingerprint density at radius 1 is 1.09 bits per heavy atom. The van der Waals surface area contributed by atoms with E-state index in [2.05, 4.69) is 0 Å². The van der Waals surface area contributed by atoms with Gasteiger partial charge in [0.1, 0.15) is 11.5 Å². The van der Waals surface area contributed by atoms with E-state index < -0.39 is 25.2 Å². The number of methoxy groups -OCH3 is 1. The van der Waals surface area contributed by atoms with Crippen LogP contribution in [0.2, 0.25) is 0 Å². The Kier molecular flexibility index (Phi) is 8.14. The van der Waals surface area contributed by atoms with E-state index in [1.165, 1.54) is 25.9 Å². The molecule has 1 aliphatic carbocycles. The van der Waals surface area contributed by atoms with Crippen LogP contribution in [0.25, 0.3) is 0 Å². The summed E-state index contributed by atoms with van der Waals surface area (Å²) in [7, 11) is -1.92. The van der Waals surface area contributed by atoms with Gasteiger partial charge in [-0.2, -0.15) is 13.2 Å². The summed E-state index contributed by atoms with van der Waals surface area (Å²) >= 11 is 0. The Labute approximate surface area is 192 Å². The number of halogens is 3. The largest absolute Gasteiger partial charge is 0.497 e. The summed E-state index contributed by atoms with van der Waals surface area (Å²) in [4.78, 5) is 9.48. The fourth-order valence-electron chi connectivity index (χ4n) is 4.36. The Morgan fingerprint density at radius 3 is 2.39 bits per heavy atom. The Bertz CT molecular complexity index is 980. The van der Waals surface area contributed by atoms with Crippen molar-refractivity contribution in [2.45, 2.75) is 43.9 Å². The highest BCUT2D eigenvalue weighted by molar-refractivity contribution is 7.57. The molecule has 182 valence electrons. The molecule has 0 aromatic heterocycles. The normalized spacial score (nSPS) is 21.8. The van der Waals surface area contributed by atoms with Gasteiger partial charge in [-0.15, -0.1) is 0 Å². The van der Waals surface area contributed by atoms with E-state index in [1.807, 2.05) is 0 Å². The number of rotatable bonds is 8. The van der Waals surface area contributed by atoms with Gasteiger partial charge in [0, 0.05) is 6.66 Å². The molecule has 0 radical (unpaired) electrons. The van der Waals surface area contributed by atoms with Crippen LogP contribution < -0.4 is 9.47 Å². The Balaban J connectivity index is 1.59. The molecule has 0 saturated heterocycles. The van der Waals surface area contributed by atoms with Gasteiger partial charge in [0.15, 0.2) is 0 Å². The number of aliphatic hydroxyl groups excluding tert-OH is 1. The molecule has 33 heavy (non-hydrogen) atoms. The van der Waals surface area contributed by atoms with Crippen LogP contribution in [0.4, 0.5) is 13.2 Å². The summed E-state index contributed by atoms with van der Waals surface area (Å²) in [5, 5.41) is 10.2. The van der Waals surface area contributed by atoms with Gasteiger partial charge in [-0.25, -0.2) is 0 Å². The molecule has 9 heteroatoms. The zero-order valence-electron chi connectivity index (χ0n) is 18.7. The van der Waals surface area contributed by atoms with Crippen molar-refractivity contribution in [1.82, 2.24) is 0 Å². The fourth-order valence-corrected chi connectivity index (χ4v) is 5.21. The molecule has 2 atom stereocenters. The second-order valence-electron chi connectivity index (χ2n) is 8.80. The minimum absolute atomic E-state index is 0.185. The molecule has 2 aromatic carbocycles. The van der Waals surface area contributed by atoms with Gasteiger partial charge in [0.25, 0.3) is 0 Å². The maximum absolute atomic E-state index is 13.5. The first-order valence-electron chi connectivity index (χ1n) is 10.9. The molecule has 2 N–H and O–H groups in total. The zero-order chi connectivity index (χ0) is 24.2. The average Bonchev–Trinajstić information content (AvgIpc) is 2.76. The highest BCUT2D eigenvalue weighted by Gasteiger charge is 2.36. The summed E-state index contributed by atoms with van der Waals surface area (Å²) in [5.74, 6) is 0.994. The van der Waals surface area contributed by atoms with E-state index in [4.69, 9.17) is 9.47 Å². The molecule has 5 nitrogen and oxygen atoms in total. The van der Waals surface area contributed by atoms with E-state index in [0.717, 1.165) is 18.9 Å². The third kappa shape index (κ3) is 7.23. The molecule has 1 saturated carbocycles. The van der Waals surface area contributed by atoms with Gasteiger partial charge in [-0.05, 0) is 79.0 Å². The molecule has 0 heterocycles. The van der Waals surface area contributed by atoms with Crippen LogP contribution in [-0.2, 0) is 10.7 Å². The molecule has 3 rings (SSSR count). The number of hydrogen-bond donors (Lipinski definition) is 2. The first kappa shape index (κ1) is 25.6. The van der Waals surface area contributed by atoms with Crippen LogP contribution in [0.1, 0.15) is 54.4 Å². The van der Waals surface area contributed by atoms with Crippen molar-refractivity contribution >= 4 is 7.37 Å². The van der Waals surface area contributed by atoms with Crippen LogP contribution in [-0.4, -0.2) is 36.5 Å². The van der Waals surface area contributed by atoms with E-state index in [-0.39, 0.29) is 18.0 Å². The van der Waals surface area contributed by atoms with E-state index in [1.54, 1.807) is 24.3 Å². The van der Waals surface area contributed by atoms with Gasteiger partial charge in [0.2, 0.25) is 7.37 Å². The lowest BCUT2D eigenvalue weighted by atomic mass is 9.77. The second-order valence-corrected chi connectivity index (χ2v) is 11.3. The molecule has 0 aliphatic heterocycles.